The Hall–Kier alpha value is -2.44. The highest BCUT2D eigenvalue weighted by molar-refractivity contribution is 5.88. The molecule has 7 heteroatoms. The second-order valence-corrected chi connectivity index (χ2v) is 3.68. The van der Waals surface area contributed by atoms with E-state index in [9.17, 15) is 18.0 Å². The Morgan fingerprint density at radius 3 is 2.53 bits per heavy atom. The molecule has 0 aliphatic rings. The summed E-state index contributed by atoms with van der Waals surface area (Å²) in [7, 11) is 0. The number of aromatic nitrogens is 2. The number of carboxylic acids is 1. The van der Waals surface area contributed by atoms with Crippen molar-refractivity contribution in [2.45, 2.75) is 6.18 Å². The zero-order valence-electron chi connectivity index (χ0n) is 9.35. The first kappa shape index (κ1) is 13.0. The largest absolute Gasteiger partial charge is 0.478 e. The van der Waals surface area contributed by atoms with Crippen molar-refractivity contribution in [3.8, 4) is 11.3 Å². The van der Waals surface area contributed by atoms with Crippen molar-refractivity contribution in [1.29, 1.82) is 0 Å². The normalized spacial score (nSPS) is 11.3. The number of alkyl halides is 3. The Labute approximate surface area is 105 Å². The highest BCUT2D eigenvalue weighted by Crippen LogP contribution is 2.36. The highest BCUT2D eigenvalue weighted by Gasteiger charge is 2.33. The Morgan fingerprint density at radius 1 is 1.21 bits per heavy atom. The average molecular weight is 268 g/mol. The van der Waals surface area contributed by atoms with Gasteiger partial charge in [0.25, 0.3) is 0 Å². The van der Waals surface area contributed by atoms with E-state index in [2.05, 4.69) is 10.2 Å². The van der Waals surface area contributed by atoms with Gasteiger partial charge in [0.05, 0.1) is 23.0 Å². The molecule has 0 saturated heterocycles. The first-order chi connectivity index (χ1) is 8.89. The van der Waals surface area contributed by atoms with E-state index >= 15 is 0 Å². The fourth-order valence-electron chi connectivity index (χ4n) is 1.57. The Balaban J connectivity index is 2.60. The van der Waals surface area contributed by atoms with Gasteiger partial charge < -0.3 is 5.11 Å². The standard InChI is InChI=1S/C12H7F3N2O2/c13-12(14,15)9-4-2-1-3-8(9)10-5-7(11(18)19)6-16-17-10/h1-6H,(H,18,19). The monoisotopic (exact) mass is 268 g/mol. The maximum atomic E-state index is 12.8. The first-order valence-corrected chi connectivity index (χ1v) is 5.12. The van der Waals surface area contributed by atoms with Gasteiger partial charge in [-0.3, -0.25) is 0 Å². The first-order valence-electron chi connectivity index (χ1n) is 5.12. The van der Waals surface area contributed by atoms with Crippen molar-refractivity contribution in [1.82, 2.24) is 10.2 Å². The summed E-state index contributed by atoms with van der Waals surface area (Å²) in [5.74, 6) is -1.28. The summed E-state index contributed by atoms with van der Waals surface area (Å²) in [4.78, 5) is 10.8. The number of benzene rings is 1. The van der Waals surface area contributed by atoms with E-state index < -0.39 is 17.7 Å². The number of carbonyl (C=O) groups is 1. The van der Waals surface area contributed by atoms with Crippen molar-refractivity contribution < 1.29 is 23.1 Å². The number of carboxylic acid groups (broad SMARTS) is 1. The van der Waals surface area contributed by atoms with Gasteiger partial charge >= 0.3 is 12.1 Å². The van der Waals surface area contributed by atoms with E-state index in [1.807, 2.05) is 0 Å². The van der Waals surface area contributed by atoms with Crippen LogP contribution in [-0.4, -0.2) is 21.3 Å². The van der Waals surface area contributed by atoms with Gasteiger partial charge in [0.15, 0.2) is 0 Å². The number of hydrogen-bond donors (Lipinski definition) is 1. The van der Waals surface area contributed by atoms with Crippen LogP contribution in [0.5, 0.6) is 0 Å². The smallest absolute Gasteiger partial charge is 0.417 e. The molecule has 1 aromatic carbocycles. The quantitative estimate of drug-likeness (QED) is 0.909. The van der Waals surface area contributed by atoms with Gasteiger partial charge in [-0.1, -0.05) is 18.2 Å². The maximum absolute atomic E-state index is 12.8. The molecule has 0 bridgehead atoms. The van der Waals surface area contributed by atoms with Crippen LogP contribution in [0.1, 0.15) is 15.9 Å². The van der Waals surface area contributed by atoms with E-state index in [1.165, 1.54) is 18.2 Å². The van der Waals surface area contributed by atoms with Gasteiger partial charge in [-0.15, -0.1) is 0 Å². The fourth-order valence-corrected chi connectivity index (χ4v) is 1.57. The molecule has 19 heavy (non-hydrogen) atoms. The molecule has 2 aromatic rings. The molecule has 0 spiro atoms. The molecule has 0 radical (unpaired) electrons. The van der Waals surface area contributed by atoms with E-state index in [4.69, 9.17) is 5.11 Å². The van der Waals surface area contributed by atoms with Gasteiger partial charge in [-0.05, 0) is 12.1 Å². The lowest BCUT2D eigenvalue weighted by molar-refractivity contribution is -0.137. The summed E-state index contributed by atoms with van der Waals surface area (Å²) in [6, 6.07) is 5.85. The molecule has 98 valence electrons. The number of nitrogens with zero attached hydrogens (tertiary/aromatic N) is 2. The summed E-state index contributed by atoms with van der Waals surface area (Å²) in [5, 5.41) is 15.8. The lowest BCUT2D eigenvalue weighted by Gasteiger charge is -2.11. The van der Waals surface area contributed by atoms with Crippen LogP contribution in [-0.2, 0) is 6.18 Å². The molecule has 0 atom stereocenters. The molecule has 0 saturated carbocycles. The third-order valence-electron chi connectivity index (χ3n) is 2.41. The predicted octanol–water partition coefficient (Wildman–Crippen LogP) is 2.86. The molecular weight excluding hydrogens is 261 g/mol. The maximum Gasteiger partial charge on any atom is 0.417 e. The zero-order chi connectivity index (χ0) is 14.0. The molecule has 1 heterocycles. The van der Waals surface area contributed by atoms with Crippen LogP contribution in [0.3, 0.4) is 0 Å². The summed E-state index contributed by atoms with van der Waals surface area (Å²) >= 11 is 0. The van der Waals surface area contributed by atoms with Crippen molar-refractivity contribution in [3.63, 3.8) is 0 Å². The number of rotatable bonds is 2. The molecule has 0 aliphatic heterocycles. The lowest BCUT2D eigenvalue weighted by atomic mass is 10.0. The summed E-state index contributed by atoms with van der Waals surface area (Å²) in [6.07, 6.45) is -3.57. The molecule has 0 fully saturated rings. The average Bonchev–Trinajstić information content (AvgIpc) is 2.38. The molecule has 2 rings (SSSR count). The van der Waals surface area contributed by atoms with Crippen LogP contribution in [0.15, 0.2) is 36.5 Å². The summed E-state index contributed by atoms with van der Waals surface area (Å²) < 4.78 is 38.5. The lowest BCUT2D eigenvalue weighted by Crippen LogP contribution is -2.08. The molecule has 1 aromatic heterocycles. The highest BCUT2D eigenvalue weighted by atomic mass is 19.4. The molecule has 0 amide bonds. The van der Waals surface area contributed by atoms with Gasteiger partial charge in [0, 0.05) is 5.56 Å². The Kier molecular flexibility index (Phi) is 3.20. The molecular formula is C12H7F3N2O2. The van der Waals surface area contributed by atoms with Crippen LogP contribution in [0.2, 0.25) is 0 Å². The third kappa shape index (κ3) is 2.70. The SMILES string of the molecule is O=C(O)c1cnnc(-c2ccccc2C(F)(F)F)c1. The van der Waals surface area contributed by atoms with E-state index in [0.29, 0.717) is 0 Å². The van der Waals surface area contributed by atoms with Crippen LogP contribution in [0, 0.1) is 0 Å². The van der Waals surface area contributed by atoms with Crippen molar-refractivity contribution >= 4 is 5.97 Å². The Morgan fingerprint density at radius 2 is 1.89 bits per heavy atom. The molecule has 0 aliphatic carbocycles. The molecule has 1 N–H and O–H groups in total. The Bertz CT molecular complexity index is 626. The van der Waals surface area contributed by atoms with Crippen LogP contribution >= 0.6 is 0 Å². The minimum Gasteiger partial charge on any atom is -0.478 e. The molecule has 4 nitrogen and oxygen atoms in total. The minimum atomic E-state index is -4.54. The number of aromatic carboxylic acids is 1. The van der Waals surface area contributed by atoms with Crippen LogP contribution < -0.4 is 0 Å². The van der Waals surface area contributed by atoms with Gasteiger partial charge in [0.2, 0.25) is 0 Å². The van der Waals surface area contributed by atoms with Gasteiger partial charge in [-0.25, -0.2) is 4.79 Å². The van der Waals surface area contributed by atoms with Crippen LogP contribution in [0.4, 0.5) is 13.2 Å². The number of hydrogen-bond acceptors (Lipinski definition) is 3. The third-order valence-corrected chi connectivity index (χ3v) is 2.41. The predicted molar refractivity (Wildman–Crippen MR) is 59.4 cm³/mol. The second-order valence-electron chi connectivity index (χ2n) is 3.68. The van der Waals surface area contributed by atoms with Gasteiger partial charge in [-0.2, -0.15) is 23.4 Å². The second kappa shape index (κ2) is 4.68. The van der Waals surface area contributed by atoms with Crippen molar-refractivity contribution in [2.75, 3.05) is 0 Å². The fraction of sp³-hybridized carbons (Fsp3) is 0.0833. The molecule has 0 unspecified atom stereocenters. The van der Waals surface area contributed by atoms with Crippen LogP contribution in [0.25, 0.3) is 11.3 Å². The number of halogens is 3. The topological polar surface area (TPSA) is 63.1 Å². The zero-order valence-corrected chi connectivity index (χ0v) is 9.35. The van der Waals surface area contributed by atoms with Crippen molar-refractivity contribution in [3.05, 3.63) is 47.7 Å². The van der Waals surface area contributed by atoms with Crippen molar-refractivity contribution in [2.24, 2.45) is 0 Å². The summed E-state index contributed by atoms with van der Waals surface area (Å²) in [5.41, 5.74) is -1.44. The van der Waals surface area contributed by atoms with E-state index in [0.717, 1.165) is 18.3 Å². The van der Waals surface area contributed by atoms with Gasteiger partial charge in [0.1, 0.15) is 0 Å². The minimum absolute atomic E-state index is 0.132. The summed E-state index contributed by atoms with van der Waals surface area (Å²) in [6.45, 7) is 0. The van der Waals surface area contributed by atoms with E-state index in [1.54, 1.807) is 0 Å². The van der Waals surface area contributed by atoms with E-state index in [-0.39, 0.29) is 16.8 Å².